The lowest BCUT2D eigenvalue weighted by Crippen LogP contribution is -2.37. The fraction of sp³-hybridized carbons (Fsp3) is 0.375. The summed E-state index contributed by atoms with van der Waals surface area (Å²) >= 11 is 6.27. The maximum absolute atomic E-state index is 12.0. The Hall–Kier alpha value is -3.19. The molecule has 1 amide bonds. The summed E-state index contributed by atoms with van der Waals surface area (Å²) in [7, 11) is 1.84. The predicted molar refractivity (Wildman–Crippen MR) is 157 cm³/mol. The molecule has 0 radical (unpaired) electrons. The molecule has 3 aromatic rings. The van der Waals surface area contributed by atoms with Gasteiger partial charge < -0.3 is 20.1 Å². The zero-order valence-corrected chi connectivity index (χ0v) is 23.7. The number of hydrogen-bond donors (Lipinski definition) is 2. The Morgan fingerprint density at radius 1 is 1.05 bits per heavy atom. The van der Waals surface area contributed by atoms with Crippen LogP contribution in [0, 0.1) is 0 Å². The van der Waals surface area contributed by atoms with E-state index < -0.39 is 6.10 Å². The molecule has 39 heavy (non-hydrogen) atoms. The van der Waals surface area contributed by atoms with Crippen LogP contribution in [0.2, 0.25) is 5.02 Å². The molecule has 0 spiro atoms. The van der Waals surface area contributed by atoms with E-state index in [1.165, 1.54) is 27.8 Å². The number of carbonyl (C=O) groups excluding carboxylic acids is 1. The number of benzene rings is 2. The highest BCUT2D eigenvalue weighted by Gasteiger charge is 2.26. The first-order valence-electron chi connectivity index (χ1n) is 13.7. The number of rotatable bonds is 4. The van der Waals surface area contributed by atoms with Crippen molar-refractivity contribution in [3.63, 3.8) is 0 Å². The minimum atomic E-state index is -0.420. The Morgan fingerprint density at radius 2 is 1.77 bits per heavy atom. The highest BCUT2D eigenvalue weighted by Crippen LogP contribution is 2.38. The number of nitrogens with zero attached hydrogens (tertiary/aromatic N) is 2. The van der Waals surface area contributed by atoms with E-state index in [2.05, 4.69) is 23.5 Å². The van der Waals surface area contributed by atoms with Gasteiger partial charge in [0.2, 0.25) is 0 Å². The van der Waals surface area contributed by atoms with Gasteiger partial charge in [0.05, 0.1) is 18.4 Å². The number of halogens is 1. The molecule has 2 heterocycles. The van der Waals surface area contributed by atoms with Crippen molar-refractivity contribution in [2.75, 3.05) is 26.7 Å². The number of hydrogen-bond acceptors (Lipinski definition) is 5. The Bertz CT molecular complexity index is 1280. The van der Waals surface area contributed by atoms with Crippen LogP contribution in [0.1, 0.15) is 60.7 Å². The molecular weight excluding hydrogens is 510 g/mol. The van der Waals surface area contributed by atoms with Crippen LogP contribution in [-0.4, -0.2) is 53.9 Å². The molecule has 206 valence electrons. The van der Waals surface area contributed by atoms with E-state index in [0.717, 1.165) is 42.0 Å². The van der Waals surface area contributed by atoms with E-state index in [1.54, 1.807) is 4.90 Å². The predicted octanol–water partition coefficient (Wildman–Crippen LogP) is 6.22. The van der Waals surface area contributed by atoms with Gasteiger partial charge in [-0.15, -0.1) is 0 Å². The normalized spacial score (nSPS) is 16.2. The Morgan fingerprint density at radius 3 is 2.46 bits per heavy atom. The van der Waals surface area contributed by atoms with Crippen LogP contribution in [0.3, 0.4) is 0 Å². The van der Waals surface area contributed by atoms with Gasteiger partial charge in [-0.25, -0.2) is 4.79 Å². The average Bonchev–Trinajstić information content (AvgIpc) is 3.14. The number of ether oxygens (including phenoxy) is 1. The third-order valence-corrected chi connectivity index (χ3v) is 7.68. The minimum absolute atomic E-state index is 0.0902. The second-order valence-corrected chi connectivity index (χ2v) is 10.3. The van der Waals surface area contributed by atoms with E-state index >= 15 is 0 Å². The van der Waals surface area contributed by atoms with E-state index in [0.29, 0.717) is 19.7 Å². The number of nitrogens with one attached hydrogen (secondary N) is 1. The number of aromatic nitrogens is 1. The van der Waals surface area contributed by atoms with Gasteiger partial charge in [-0.3, -0.25) is 4.98 Å². The third-order valence-electron chi connectivity index (χ3n) is 7.44. The SMILES string of the molecule is CCOC(=O)N1CCC(=C2c3ccc(Cl)cc3CCc3cccnc32)CC1.CN[C@@H](C)[C@@H](O)c1ccccc1. The van der Waals surface area contributed by atoms with Gasteiger partial charge in [-0.05, 0) is 87.0 Å². The number of carbonyl (C=O) groups is 1. The molecule has 1 fully saturated rings. The van der Waals surface area contributed by atoms with Crippen molar-refractivity contribution in [2.45, 2.75) is 51.7 Å². The zero-order valence-electron chi connectivity index (χ0n) is 23.0. The fourth-order valence-corrected chi connectivity index (χ4v) is 5.35. The summed E-state index contributed by atoms with van der Waals surface area (Å²) in [5, 5.41) is 13.5. The Kier molecular flexibility index (Phi) is 10.2. The van der Waals surface area contributed by atoms with Gasteiger partial charge in [0.15, 0.2) is 0 Å². The largest absolute Gasteiger partial charge is 0.450 e. The molecule has 2 aromatic carbocycles. The zero-order chi connectivity index (χ0) is 27.8. The molecule has 7 heteroatoms. The molecule has 0 unspecified atom stereocenters. The first-order valence-corrected chi connectivity index (χ1v) is 14.1. The van der Waals surface area contributed by atoms with E-state index in [-0.39, 0.29) is 12.1 Å². The van der Waals surface area contributed by atoms with Crippen LogP contribution >= 0.6 is 11.6 Å². The lowest BCUT2D eigenvalue weighted by atomic mass is 9.88. The lowest BCUT2D eigenvalue weighted by molar-refractivity contribution is 0.104. The quantitative estimate of drug-likeness (QED) is 0.406. The summed E-state index contributed by atoms with van der Waals surface area (Å²) in [6.07, 6.45) is 4.83. The molecule has 1 aliphatic heterocycles. The fourth-order valence-electron chi connectivity index (χ4n) is 5.15. The van der Waals surface area contributed by atoms with Gasteiger partial charge in [-0.1, -0.05) is 59.6 Å². The number of piperidine rings is 1. The average molecular weight is 548 g/mol. The molecule has 2 N–H and O–H groups in total. The Balaban J connectivity index is 0.000000247. The van der Waals surface area contributed by atoms with Crippen LogP contribution in [0.5, 0.6) is 0 Å². The third kappa shape index (κ3) is 7.07. The summed E-state index contributed by atoms with van der Waals surface area (Å²) in [5.41, 5.74) is 8.42. The van der Waals surface area contributed by atoms with Gasteiger partial charge in [0.1, 0.15) is 0 Å². The van der Waals surface area contributed by atoms with E-state index in [9.17, 15) is 9.90 Å². The number of fused-ring (bicyclic) bond motifs is 2. The summed E-state index contributed by atoms with van der Waals surface area (Å²) in [4.78, 5) is 18.6. The maximum Gasteiger partial charge on any atom is 0.409 e. The second-order valence-electron chi connectivity index (χ2n) is 9.91. The van der Waals surface area contributed by atoms with Gasteiger partial charge in [0, 0.05) is 35.9 Å². The van der Waals surface area contributed by atoms with Crippen LogP contribution < -0.4 is 5.32 Å². The molecule has 2 atom stereocenters. The number of amides is 1. The lowest BCUT2D eigenvalue weighted by Gasteiger charge is -2.29. The first-order chi connectivity index (χ1) is 18.9. The molecule has 6 nitrogen and oxygen atoms in total. The molecule has 2 aliphatic rings. The molecule has 0 bridgehead atoms. The number of likely N-dealkylation sites (tertiary alicyclic amines) is 1. The van der Waals surface area contributed by atoms with Gasteiger partial charge >= 0.3 is 6.09 Å². The summed E-state index contributed by atoms with van der Waals surface area (Å²) < 4.78 is 5.15. The Labute approximate surface area is 236 Å². The van der Waals surface area contributed by atoms with Crippen molar-refractivity contribution < 1.29 is 14.6 Å². The molecule has 1 aliphatic carbocycles. The summed E-state index contributed by atoms with van der Waals surface area (Å²) in [6, 6.07) is 20.1. The van der Waals surface area contributed by atoms with E-state index in [1.807, 2.05) is 69.6 Å². The standard InChI is InChI=1S/C22H23ClN2O2.C10H15NO/c1-2-27-22(26)25-12-9-15(10-13-25)20-19-8-7-18(23)14-17(19)6-5-16-4-3-11-24-21(16)20;1-8(11-2)10(12)9-6-4-3-5-7-9/h3-4,7-8,11,14H,2,5-6,9-10,12-13H2,1H3;3-8,10-12H,1-2H3/t;8-,10+/m.0/s1. The number of likely N-dealkylation sites (N-methyl/N-ethyl adjacent to an activating group) is 1. The monoisotopic (exact) mass is 547 g/mol. The molecule has 1 saturated heterocycles. The van der Waals surface area contributed by atoms with Crippen molar-refractivity contribution in [2.24, 2.45) is 0 Å². The van der Waals surface area contributed by atoms with Crippen molar-refractivity contribution >= 4 is 23.3 Å². The van der Waals surface area contributed by atoms with Crippen LogP contribution in [-0.2, 0) is 17.6 Å². The summed E-state index contributed by atoms with van der Waals surface area (Å²) in [5.74, 6) is 0. The van der Waals surface area contributed by atoms with Gasteiger partial charge in [0.25, 0.3) is 0 Å². The molecule has 5 rings (SSSR count). The highest BCUT2D eigenvalue weighted by molar-refractivity contribution is 6.30. The topological polar surface area (TPSA) is 74.7 Å². The molecular formula is C32H38ClN3O3. The van der Waals surface area contributed by atoms with Crippen LogP contribution in [0.4, 0.5) is 4.79 Å². The minimum Gasteiger partial charge on any atom is -0.450 e. The summed E-state index contributed by atoms with van der Waals surface area (Å²) in [6.45, 7) is 5.57. The second kappa shape index (κ2) is 13.7. The van der Waals surface area contributed by atoms with E-state index in [4.69, 9.17) is 21.3 Å². The molecule has 0 saturated carbocycles. The number of aliphatic hydroxyl groups is 1. The maximum atomic E-state index is 12.0. The number of aliphatic hydroxyl groups excluding tert-OH is 1. The van der Waals surface area contributed by atoms with Crippen LogP contribution in [0.25, 0.3) is 5.57 Å². The van der Waals surface area contributed by atoms with Crippen molar-refractivity contribution in [1.82, 2.24) is 15.2 Å². The van der Waals surface area contributed by atoms with Crippen molar-refractivity contribution in [3.05, 3.63) is 105 Å². The number of aryl methyl sites for hydroxylation is 2. The first kappa shape index (κ1) is 28.8. The highest BCUT2D eigenvalue weighted by atomic mass is 35.5. The van der Waals surface area contributed by atoms with Gasteiger partial charge in [-0.2, -0.15) is 0 Å². The smallest absolute Gasteiger partial charge is 0.409 e. The molecule has 1 aromatic heterocycles. The number of pyridine rings is 1. The van der Waals surface area contributed by atoms with Crippen molar-refractivity contribution in [3.8, 4) is 0 Å². The van der Waals surface area contributed by atoms with Crippen LogP contribution in [0.15, 0.2) is 72.4 Å². The van der Waals surface area contributed by atoms with Crippen molar-refractivity contribution in [1.29, 1.82) is 0 Å².